The van der Waals surface area contributed by atoms with E-state index in [-0.39, 0.29) is 11.9 Å². The second kappa shape index (κ2) is 6.73. The van der Waals surface area contributed by atoms with Crippen molar-refractivity contribution in [3.05, 3.63) is 30.1 Å². The van der Waals surface area contributed by atoms with Crippen LogP contribution in [0.4, 0.5) is 0 Å². The molecule has 0 bridgehead atoms. The summed E-state index contributed by atoms with van der Waals surface area (Å²) in [4.78, 5) is 17.1. The first-order valence-corrected chi connectivity index (χ1v) is 8.50. The molecule has 0 aliphatic heterocycles. The van der Waals surface area contributed by atoms with Gasteiger partial charge in [-0.2, -0.15) is 0 Å². The summed E-state index contributed by atoms with van der Waals surface area (Å²) in [6, 6.07) is 8.07. The highest BCUT2D eigenvalue weighted by atomic mass is 16.2. The van der Waals surface area contributed by atoms with Crippen molar-refractivity contribution in [1.29, 1.82) is 0 Å². The Labute approximate surface area is 139 Å². The van der Waals surface area contributed by atoms with Crippen LogP contribution in [0.3, 0.4) is 0 Å². The van der Waals surface area contributed by atoms with Crippen LogP contribution in [0.15, 0.2) is 24.3 Å². The number of hydrogen-bond acceptors (Lipinski definition) is 2. The number of nitrogens with zero attached hydrogens (tertiary/aromatic N) is 2. The topological polar surface area (TPSA) is 46.9 Å². The zero-order valence-electron chi connectivity index (χ0n) is 15.2. The van der Waals surface area contributed by atoms with Gasteiger partial charge >= 0.3 is 0 Å². The van der Waals surface area contributed by atoms with Gasteiger partial charge < -0.3 is 9.88 Å². The summed E-state index contributed by atoms with van der Waals surface area (Å²) >= 11 is 0. The van der Waals surface area contributed by atoms with Gasteiger partial charge in [-0.1, -0.05) is 53.2 Å². The van der Waals surface area contributed by atoms with Crippen LogP contribution in [0.25, 0.3) is 11.0 Å². The zero-order valence-corrected chi connectivity index (χ0v) is 15.2. The highest BCUT2D eigenvalue weighted by Crippen LogP contribution is 2.24. The fourth-order valence-electron chi connectivity index (χ4n) is 2.54. The Hall–Kier alpha value is -1.84. The Bertz CT molecular complexity index is 681. The lowest BCUT2D eigenvalue weighted by molar-refractivity contribution is -0.129. The predicted octanol–water partition coefficient (Wildman–Crippen LogP) is 4.31. The van der Waals surface area contributed by atoms with Crippen LogP contribution < -0.4 is 5.32 Å². The second-order valence-corrected chi connectivity index (χ2v) is 7.53. The standard InChI is InChI=1S/C19H29N3O/c1-7-13(2)12-22-16-11-9-8-10-15(16)21-17(22)14(3)20-18(23)19(4,5)6/h8-11,13-14H,7,12H2,1-6H3,(H,20,23). The van der Waals surface area contributed by atoms with Gasteiger partial charge in [-0.15, -0.1) is 0 Å². The SMILES string of the molecule is CCC(C)Cn1c(C(C)NC(=O)C(C)(C)C)nc2ccccc21. The van der Waals surface area contributed by atoms with E-state index < -0.39 is 5.41 Å². The molecule has 0 spiro atoms. The van der Waals surface area contributed by atoms with Gasteiger partial charge in [0.2, 0.25) is 5.91 Å². The first-order chi connectivity index (χ1) is 10.7. The van der Waals surface area contributed by atoms with Gasteiger partial charge in [-0.25, -0.2) is 4.98 Å². The molecule has 1 heterocycles. The molecule has 0 fully saturated rings. The third-order valence-corrected chi connectivity index (χ3v) is 4.29. The summed E-state index contributed by atoms with van der Waals surface area (Å²) in [5.41, 5.74) is 1.73. The molecule has 1 aromatic heterocycles. The molecule has 2 unspecified atom stereocenters. The molecule has 0 saturated heterocycles. The second-order valence-electron chi connectivity index (χ2n) is 7.53. The van der Waals surface area contributed by atoms with Gasteiger partial charge in [-0.3, -0.25) is 4.79 Å². The molecular weight excluding hydrogens is 286 g/mol. The molecule has 0 radical (unpaired) electrons. The van der Waals surface area contributed by atoms with Crippen LogP contribution in [0.1, 0.15) is 59.8 Å². The summed E-state index contributed by atoms with van der Waals surface area (Å²) in [6.45, 7) is 13.2. The summed E-state index contributed by atoms with van der Waals surface area (Å²) in [5.74, 6) is 1.55. The van der Waals surface area contributed by atoms with E-state index in [2.05, 4.69) is 29.8 Å². The Morgan fingerprint density at radius 3 is 2.52 bits per heavy atom. The Morgan fingerprint density at radius 2 is 1.91 bits per heavy atom. The van der Waals surface area contributed by atoms with Crippen molar-refractivity contribution < 1.29 is 4.79 Å². The third-order valence-electron chi connectivity index (χ3n) is 4.29. The fraction of sp³-hybridized carbons (Fsp3) is 0.579. The average Bonchev–Trinajstić information content (AvgIpc) is 2.85. The molecular formula is C19H29N3O. The van der Waals surface area contributed by atoms with Gasteiger partial charge in [0, 0.05) is 12.0 Å². The van der Waals surface area contributed by atoms with E-state index in [1.54, 1.807) is 0 Å². The lowest BCUT2D eigenvalue weighted by Crippen LogP contribution is -2.37. The van der Waals surface area contributed by atoms with E-state index in [0.29, 0.717) is 5.92 Å². The number of rotatable bonds is 5. The first-order valence-electron chi connectivity index (χ1n) is 8.50. The first kappa shape index (κ1) is 17.5. The molecule has 23 heavy (non-hydrogen) atoms. The Balaban J connectivity index is 2.38. The van der Waals surface area contributed by atoms with Crippen LogP contribution in [-0.4, -0.2) is 15.5 Å². The maximum Gasteiger partial charge on any atom is 0.225 e. The fourth-order valence-corrected chi connectivity index (χ4v) is 2.54. The van der Waals surface area contributed by atoms with E-state index >= 15 is 0 Å². The molecule has 4 nitrogen and oxygen atoms in total. The van der Waals surface area contributed by atoms with Crippen molar-refractivity contribution in [2.75, 3.05) is 0 Å². The van der Waals surface area contributed by atoms with Crippen LogP contribution in [0.5, 0.6) is 0 Å². The zero-order chi connectivity index (χ0) is 17.2. The smallest absolute Gasteiger partial charge is 0.225 e. The number of carbonyl (C=O) groups excluding carboxylic acids is 1. The maximum absolute atomic E-state index is 12.3. The molecule has 0 aliphatic carbocycles. The van der Waals surface area contributed by atoms with Crippen molar-refractivity contribution in [3.63, 3.8) is 0 Å². The van der Waals surface area contributed by atoms with Crippen molar-refractivity contribution in [3.8, 4) is 0 Å². The number of amides is 1. The molecule has 2 atom stereocenters. The van der Waals surface area contributed by atoms with Crippen molar-refractivity contribution >= 4 is 16.9 Å². The number of imidazole rings is 1. The van der Waals surface area contributed by atoms with Crippen molar-refractivity contribution in [2.45, 2.75) is 60.5 Å². The van der Waals surface area contributed by atoms with Gasteiger partial charge in [0.1, 0.15) is 5.82 Å². The van der Waals surface area contributed by atoms with E-state index in [4.69, 9.17) is 4.98 Å². The summed E-state index contributed by atoms with van der Waals surface area (Å²) < 4.78 is 2.26. The number of para-hydroxylation sites is 2. The number of fused-ring (bicyclic) bond motifs is 1. The highest BCUT2D eigenvalue weighted by molar-refractivity contribution is 5.82. The predicted molar refractivity (Wildman–Crippen MR) is 95.2 cm³/mol. The number of nitrogens with one attached hydrogen (secondary N) is 1. The van der Waals surface area contributed by atoms with Gasteiger partial charge in [0.05, 0.1) is 17.1 Å². The molecule has 1 amide bonds. The largest absolute Gasteiger partial charge is 0.346 e. The Morgan fingerprint density at radius 1 is 1.26 bits per heavy atom. The number of benzene rings is 1. The molecule has 1 N–H and O–H groups in total. The lowest BCUT2D eigenvalue weighted by Gasteiger charge is -2.23. The quantitative estimate of drug-likeness (QED) is 0.894. The van der Waals surface area contributed by atoms with E-state index in [0.717, 1.165) is 29.8 Å². The molecule has 2 rings (SSSR count). The molecule has 0 saturated carbocycles. The minimum atomic E-state index is -0.401. The number of hydrogen-bond donors (Lipinski definition) is 1. The van der Waals surface area contributed by atoms with Crippen LogP contribution in [0, 0.1) is 11.3 Å². The minimum Gasteiger partial charge on any atom is -0.346 e. The molecule has 4 heteroatoms. The van der Waals surface area contributed by atoms with Crippen LogP contribution >= 0.6 is 0 Å². The normalized spacial score (nSPS) is 14.7. The monoisotopic (exact) mass is 315 g/mol. The van der Waals surface area contributed by atoms with Gasteiger partial charge in [0.25, 0.3) is 0 Å². The number of aromatic nitrogens is 2. The molecule has 126 valence electrons. The van der Waals surface area contributed by atoms with Crippen molar-refractivity contribution in [1.82, 2.24) is 14.9 Å². The average molecular weight is 315 g/mol. The van der Waals surface area contributed by atoms with E-state index in [1.165, 1.54) is 0 Å². The maximum atomic E-state index is 12.3. The highest BCUT2D eigenvalue weighted by Gasteiger charge is 2.25. The van der Waals surface area contributed by atoms with Gasteiger partial charge in [0.15, 0.2) is 0 Å². The Kier molecular flexibility index (Phi) is 5.12. The van der Waals surface area contributed by atoms with Crippen molar-refractivity contribution in [2.24, 2.45) is 11.3 Å². The van der Waals surface area contributed by atoms with Crippen LogP contribution in [-0.2, 0) is 11.3 Å². The lowest BCUT2D eigenvalue weighted by atomic mass is 9.95. The molecule has 2 aromatic rings. The third kappa shape index (κ3) is 3.92. The van der Waals surface area contributed by atoms with Gasteiger partial charge in [-0.05, 0) is 25.0 Å². The van der Waals surface area contributed by atoms with E-state index in [1.807, 2.05) is 45.9 Å². The minimum absolute atomic E-state index is 0.0483. The number of carbonyl (C=O) groups is 1. The van der Waals surface area contributed by atoms with E-state index in [9.17, 15) is 4.79 Å². The summed E-state index contributed by atoms with van der Waals surface area (Å²) in [7, 11) is 0. The summed E-state index contributed by atoms with van der Waals surface area (Å²) in [5, 5.41) is 3.11. The molecule has 0 aliphatic rings. The summed E-state index contributed by atoms with van der Waals surface area (Å²) in [6.07, 6.45) is 1.12. The molecule has 1 aromatic carbocycles. The van der Waals surface area contributed by atoms with Crippen LogP contribution in [0.2, 0.25) is 0 Å².